The highest BCUT2D eigenvalue weighted by molar-refractivity contribution is 6.31. The van der Waals surface area contributed by atoms with Crippen molar-refractivity contribution in [3.63, 3.8) is 0 Å². The molecule has 24 heavy (non-hydrogen) atoms. The van der Waals surface area contributed by atoms with Gasteiger partial charge in [-0.05, 0) is 24.3 Å². The minimum Gasteiger partial charge on any atom is -0.496 e. The summed E-state index contributed by atoms with van der Waals surface area (Å²) in [5.41, 5.74) is 1.45. The highest BCUT2D eigenvalue weighted by Gasteiger charge is 2.14. The molecule has 122 valence electrons. The van der Waals surface area contributed by atoms with Crippen LogP contribution in [0.4, 0.5) is 5.82 Å². The summed E-state index contributed by atoms with van der Waals surface area (Å²) in [5, 5.41) is 7.56. The predicted octanol–water partition coefficient (Wildman–Crippen LogP) is 3.11. The van der Waals surface area contributed by atoms with Gasteiger partial charge in [-0.2, -0.15) is 5.10 Å². The molecule has 0 radical (unpaired) electrons. The number of hydrogen-bond acceptors (Lipinski definition) is 4. The SMILES string of the molecule is COc1cccc(Cl)c1CC(=O)Nc1ccnn1-c1ccncc1. The van der Waals surface area contributed by atoms with Gasteiger partial charge >= 0.3 is 0 Å². The molecule has 0 spiro atoms. The lowest BCUT2D eigenvalue weighted by atomic mass is 10.1. The van der Waals surface area contributed by atoms with Gasteiger partial charge in [-0.1, -0.05) is 17.7 Å². The fraction of sp³-hybridized carbons (Fsp3) is 0.118. The maximum Gasteiger partial charge on any atom is 0.230 e. The Labute approximate surface area is 144 Å². The van der Waals surface area contributed by atoms with Crippen molar-refractivity contribution in [2.45, 2.75) is 6.42 Å². The summed E-state index contributed by atoms with van der Waals surface area (Å²) in [6, 6.07) is 10.6. The van der Waals surface area contributed by atoms with Crippen LogP contribution >= 0.6 is 11.6 Å². The van der Waals surface area contributed by atoms with Crippen LogP contribution in [0.3, 0.4) is 0 Å². The standard InChI is InChI=1S/C17H15ClN4O2/c1-24-15-4-2-3-14(18)13(15)11-17(23)21-16-7-10-20-22(16)12-5-8-19-9-6-12/h2-10H,11H2,1H3,(H,21,23). The fourth-order valence-corrected chi connectivity index (χ4v) is 2.57. The van der Waals surface area contributed by atoms with Gasteiger partial charge in [-0.3, -0.25) is 9.78 Å². The smallest absolute Gasteiger partial charge is 0.230 e. The van der Waals surface area contributed by atoms with Crippen molar-refractivity contribution in [3.8, 4) is 11.4 Å². The summed E-state index contributed by atoms with van der Waals surface area (Å²) >= 11 is 6.18. The zero-order valence-corrected chi connectivity index (χ0v) is 13.7. The molecular weight excluding hydrogens is 328 g/mol. The van der Waals surface area contributed by atoms with Gasteiger partial charge in [0.1, 0.15) is 11.6 Å². The first-order valence-electron chi connectivity index (χ1n) is 7.24. The van der Waals surface area contributed by atoms with Crippen molar-refractivity contribution >= 4 is 23.3 Å². The third-order valence-electron chi connectivity index (χ3n) is 3.45. The molecule has 0 unspecified atom stereocenters. The molecule has 0 bridgehead atoms. The van der Waals surface area contributed by atoms with Crippen molar-refractivity contribution in [1.82, 2.24) is 14.8 Å². The number of ether oxygens (including phenoxy) is 1. The van der Waals surface area contributed by atoms with E-state index in [1.807, 2.05) is 0 Å². The van der Waals surface area contributed by atoms with Crippen LogP contribution in [-0.2, 0) is 11.2 Å². The second-order valence-electron chi connectivity index (χ2n) is 4.98. The number of nitrogens with zero attached hydrogens (tertiary/aromatic N) is 3. The second-order valence-corrected chi connectivity index (χ2v) is 5.39. The molecule has 6 nitrogen and oxygen atoms in total. The van der Waals surface area contributed by atoms with E-state index in [-0.39, 0.29) is 12.3 Å². The Balaban J connectivity index is 1.79. The Hall–Kier alpha value is -2.86. The van der Waals surface area contributed by atoms with Crippen molar-refractivity contribution in [3.05, 3.63) is 65.6 Å². The molecule has 1 aromatic carbocycles. The number of anilines is 1. The number of rotatable bonds is 5. The average molecular weight is 343 g/mol. The summed E-state index contributed by atoms with van der Waals surface area (Å²) in [7, 11) is 1.55. The van der Waals surface area contributed by atoms with Crippen molar-refractivity contribution in [1.29, 1.82) is 0 Å². The second kappa shape index (κ2) is 7.14. The van der Waals surface area contributed by atoms with Crippen LogP contribution in [-0.4, -0.2) is 27.8 Å². The molecule has 2 heterocycles. The van der Waals surface area contributed by atoms with Crippen molar-refractivity contribution in [2.75, 3.05) is 12.4 Å². The van der Waals surface area contributed by atoms with Crippen LogP contribution in [0.2, 0.25) is 5.02 Å². The topological polar surface area (TPSA) is 69.0 Å². The number of halogens is 1. The molecular formula is C17H15ClN4O2. The Bertz CT molecular complexity index is 849. The molecule has 3 rings (SSSR count). The van der Waals surface area contributed by atoms with Crippen LogP contribution < -0.4 is 10.1 Å². The third kappa shape index (κ3) is 3.38. The number of nitrogens with one attached hydrogen (secondary N) is 1. The van der Waals surface area contributed by atoms with Gasteiger partial charge in [-0.15, -0.1) is 0 Å². The van der Waals surface area contributed by atoms with E-state index >= 15 is 0 Å². The van der Waals surface area contributed by atoms with Gasteiger partial charge in [0.2, 0.25) is 5.91 Å². The molecule has 0 saturated carbocycles. The lowest BCUT2D eigenvalue weighted by molar-refractivity contribution is -0.115. The van der Waals surface area contributed by atoms with E-state index in [1.165, 1.54) is 0 Å². The number of hydrogen-bond donors (Lipinski definition) is 1. The van der Waals surface area contributed by atoms with Gasteiger partial charge in [0, 0.05) is 29.0 Å². The van der Waals surface area contributed by atoms with E-state index in [0.717, 1.165) is 5.69 Å². The molecule has 7 heteroatoms. The first kappa shape index (κ1) is 16.0. The summed E-state index contributed by atoms with van der Waals surface area (Å²) in [6.07, 6.45) is 5.05. The summed E-state index contributed by atoms with van der Waals surface area (Å²) in [6.45, 7) is 0. The van der Waals surface area contributed by atoms with Gasteiger partial charge in [0.05, 0.1) is 25.4 Å². The van der Waals surface area contributed by atoms with E-state index in [4.69, 9.17) is 16.3 Å². The monoisotopic (exact) mass is 342 g/mol. The molecule has 0 aliphatic rings. The number of benzene rings is 1. The molecule has 0 aliphatic carbocycles. The van der Waals surface area contributed by atoms with E-state index in [1.54, 1.807) is 66.8 Å². The summed E-state index contributed by atoms with van der Waals surface area (Å²) in [4.78, 5) is 16.4. The predicted molar refractivity (Wildman–Crippen MR) is 91.7 cm³/mol. The zero-order chi connectivity index (χ0) is 16.9. The van der Waals surface area contributed by atoms with Crippen molar-refractivity contribution < 1.29 is 9.53 Å². The van der Waals surface area contributed by atoms with E-state index < -0.39 is 0 Å². The van der Waals surface area contributed by atoms with Gasteiger partial charge < -0.3 is 10.1 Å². The maximum absolute atomic E-state index is 12.4. The molecule has 1 N–H and O–H groups in total. The first-order valence-corrected chi connectivity index (χ1v) is 7.62. The number of carbonyl (C=O) groups is 1. The molecule has 1 amide bonds. The maximum atomic E-state index is 12.4. The first-order chi connectivity index (χ1) is 11.7. The fourth-order valence-electron chi connectivity index (χ4n) is 2.34. The highest BCUT2D eigenvalue weighted by Crippen LogP contribution is 2.27. The molecule has 2 aromatic heterocycles. The molecule has 0 atom stereocenters. The number of aromatic nitrogens is 3. The highest BCUT2D eigenvalue weighted by atomic mass is 35.5. The van der Waals surface area contributed by atoms with Gasteiger partial charge in [0.25, 0.3) is 0 Å². The Morgan fingerprint density at radius 2 is 2.00 bits per heavy atom. The summed E-state index contributed by atoms with van der Waals surface area (Å²) < 4.78 is 6.89. The van der Waals surface area contributed by atoms with E-state index in [2.05, 4.69) is 15.4 Å². The molecule has 0 fully saturated rings. The number of methoxy groups -OCH3 is 1. The zero-order valence-electron chi connectivity index (χ0n) is 12.9. The Kier molecular flexibility index (Phi) is 4.77. The van der Waals surface area contributed by atoms with Crippen molar-refractivity contribution in [2.24, 2.45) is 0 Å². The Morgan fingerprint density at radius 1 is 1.21 bits per heavy atom. The minimum absolute atomic E-state index is 0.102. The molecule has 3 aromatic rings. The normalized spacial score (nSPS) is 10.4. The van der Waals surface area contributed by atoms with E-state index in [0.29, 0.717) is 22.2 Å². The van der Waals surface area contributed by atoms with E-state index in [9.17, 15) is 4.79 Å². The van der Waals surface area contributed by atoms with Crippen LogP contribution in [0.1, 0.15) is 5.56 Å². The molecule has 0 aliphatic heterocycles. The lowest BCUT2D eigenvalue weighted by Gasteiger charge is -2.11. The number of carbonyl (C=O) groups excluding carboxylic acids is 1. The minimum atomic E-state index is -0.211. The van der Waals surface area contributed by atoms with Crippen LogP contribution in [0, 0.1) is 0 Å². The van der Waals surface area contributed by atoms with Gasteiger partial charge in [-0.25, -0.2) is 4.68 Å². The van der Waals surface area contributed by atoms with Crippen LogP contribution in [0.25, 0.3) is 5.69 Å². The van der Waals surface area contributed by atoms with Crippen LogP contribution in [0.5, 0.6) is 5.75 Å². The number of pyridine rings is 1. The lowest BCUT2D eigenvalue weighted by Crippen LogP contribution is -2.17. The quantitative estimate of drug-likeness (QED) is 0.773. The largest absolute Gasteiger partial charge is 0.496 e. The third-order valence-corrected chi connectivity index (χ3v) is 3.80. The van der Waals surface area contributed by atoms with Crippen LogP contribution in [0.15, 0.2) is 55.0 Å². The molecule has 0 saturated heterocycles. The van der Waals surface area contributed by atoms with Gasteiger partial charge in [0.15, 0.2) is 0 Å². The average Bonchev–Trinajstić information content (AvgIpc) is 3.05. The Morgan fingerprint density at radius 3 is 2.75 bits per heavy atom. The number of amides is 1. The summed E-state index contributed by atoms with van der Waals surface area (Å²) in [5.74, 6) is 0.940.